The fourth-order valence-electron chi connectivity index (χ4n) is 1.94. The molecule has 1 saturated carbocycles. The van der Waals surface area contributed by atoms with Crippen LogP contribution in [0.15, 0.2) is 0 Å². The smallest absolute Gasteiger partial charge is 0.132 e. The van der Waals surface area contributed by atoms with Crippen molar-refractivity contribution in [3.8, 4) is 12.3 Å². The first-order chi connectivity index (χ1) is 5.74. The van der Waals surface area contributed by atoms with Crippen molar-refractivity contribution in [3.05, 3.63) is 0 Å². The number of Topliss-reactive ketones (excluding diaryl/α,β-unsaturated/α-hetero) is 1. The van der Waals surface area contributed by atoms with Gasteiger partial charge in [-0.3, -0.25) is 4.79 Å². The summed E-state index contributed by atoms with van der Waals surface area (Å²) in [5.41, 5.74) is 0. The molecule has 0 atom stereocenters. The minimum Gasteiger partial charge on any atom is -0.300 e. The summed E-state index contributed by atoms with van der Waals surface area (Å²) >= 11 is 0. The molecule has 1 nitrogen and oxygen atoms in total. The SMILES string of the molecule is C#CC[C@H]1CC[C@H](C(C)=O)CC1. The predicted octanol–water partition coefficient (Wildman–Crippen LogP) is 2.41. The fourth-order valence-corrected chi connectivity index (χ4v) is 1.94. The van der Waals surface area contributed by atoms with Gasteiger partial charge in [-0.15, -0.1) is 12.3 Å². The lowest BCUT2D eigenvalue weighted by molar-refractivity contribution is -0.121. The summed E-state index contributed by atoms with van der Waals surface area (Å²) in [5.74, 6) is 4.07. The molecule has 1 heteroatoms. The molecule has 0 saturated heterocycles. The van der Waals surface area contributed by atoms with Crippen molar-refractivity contribution in [2.45, 2.75) is 39.0 Å². The topological polar surface area (TPSA) is 17.1 Å². The lowest BCUT2D eigenvalue weighted by atomic mass is 9.79. The summed E-state index contributed by atoms with van der Waals surface area (Å²) < 4.78 is 0. The van der Waals surface area contributed by atoms with Gasteiger partial charge in [0.2, 0.25) is 0 Å². The standard InChI is InChI=1S/C11H16O/c1-3-4-10-5-7-11(8-6-10)9(2)12/h1,10-11H,4-8H2,2H3/t10-,11-. The van der Waals surface area contributed by atoms with Crippen molar-refractivity contribution >= 4 is 5.78 Å². The zero-order valence-corrected chi connectivity index (χ0v) is 7.68. The predicted molar refractivity (Wildman–Crippen MR) is 49.6 cm³/mol. The van der Waals surface area contributed by atoms with Crippen LogP contribution in [0.5, 0.6) is 0 Å². The number of hydrogen-bond donors (Lipinski definition) is 0. The van der Waals surface area contributed by atoms with Gasteiger partial charge in [-0.1, -0.05) is 0 Å². The second kappa shape index (κ2) is 4.30. The van der Waals surface area contributed by atoms with Gasteiger partial charge in [-0.2, -0.15) is 0 Å². The van der Waals surface area contributed by atoms with E-state index in [9.17, 15) is 4.79 Å². The second-order valence-corrected chi connectivity index (χ2v) is 3.74. The molecule has 0 aromatic rings. The molecule has 0 aliphatic heterocycles. The van der Waals surface area contributed by atoms with E-state index in [4.69, 9.17) is 6.42 Å². The molecule has 1 fully saturated rings. The first kappa shape index (κ1) is 9.32. The summed E-state index contributed by atoms with van der Waals surface area (Å²) in [5, 5.41) is 0. The Hall–Kier alpha value is -0.770. The Morgan fingerprint density at radius 1 is 1.42 bits per heavy atom. The number of ketones is 1. The molecule has 0 radical (unpaired) electrons. The molecular formula is C11H16O. The van der Waals surface area contributed by atoms with E-state index in [0.717, 1.165) is 32.1 Å². The van der Waals surface area contributed by atoms with Crippen LogP contribution in [-0.4, -0.2) is 5.78 Å². The molecule has 0 amide bonds. The van der Waals surface area contributed by atoms with Crippen LogP contribution in [0.25, 0.3) is 0 Å². The highest BCUT2D eigenvalue weighted by Crippen LogP contribution is 2.30. The molecule has 66 valence electrons. The molecule has 0 bridgehead atoms. The van der Waals surface area contributed by atoms with E-state index in [1.807, 2.05) is 0 Å². The monoisotopic (exact) mass is 164 g/mol. The Labute approximate surface area is 74.5 Å². The number of carbonyl (C=O) groups excluding carboxylic acids is 1. The van der Waals surface area contributed by atoms with E-state index in [-0.39, 0.29) is 0 Å². The van der Waals surface area contributed by atoms with Gasteiger partial charge in [0.15, 0.2) is 0 Å². The third-order valence-corrected chi connectivity index (χ3v) is 2.83. The van der Waals surface area contributed by atoms with Gasteiger partial charge in [0.1, 0.15) is 5.78 Å². The summed E-state index contributed by atoms with van der Waals surface area (Å²) in [6.45, 7) is 1.70. The van der Waals surface area contributed by atoms with Crippen molar-refractivity contribution in [1.82, 2.24) is 0 Å². The van der Waals surface area contributed by atoms with Crippen LogP contribution in [0, 0.1) is 24.2 Å². The maximum atomic E-state index is 11.0. The maximum Gasteiger partial charge on any atom is 0.132 e. The summed E-state index contributed by atoms with van der Waals surface area (Å²) in [7, 11) is 0. The Balaban J connectivity index is 2.30. The fraction of sp³-hybridized carbons (Fsp3) is 0.727. The molecular weight excluding hydrogens is 148 g/mol. The van der Waals surface area contributed by atoms with Crippen molar-refractivity contribution in [2.24, 2.45) is 11.8 Å². The zero-order chi connectivity index (χ0) is 8.97. The summed E-state index contributed by atoms with van der Waals surface area (Å²) in [6.07, 6.45) is 10.5. The van der Waals surface area contributed by atoms with Crippen LogP contribution in [0.1, 0.15) is 39.0 Å². The van der Waals surface area contributed by atoms with Gasteiger partial charge >= 0.3 is 0 Å². The van der Waals surface area contributed by atoms with Gasteiger partial charge in [0.05, 0.1) is 0 Å². The Morgan fingerprint density at radius 3 is 2.42 bits per heavy atom. The van der Waals surface area contributed by atoms with Crippen LogP contribution in [0.4, 0.5) is 0 Å². The highest BCUT2D eigenvalue weighted by Gasteiger charge is 2.22. The second-order valence-electron chi connectivity index (χ2n) is 3.74. The Kier molecular flexibility index (Phi) is 3.34. The third-order valence-electron chi connectivity index (χ3n) is 2.83. The Bertz CT molecular complexity index is 192. The minimum absolute atomic E-state index is 0.332. The first-order valence-corrected chi connectivity index (χ1v) is 4.68. The van der Waals surface area contributed by atoms with Gasteiger partial charge in [-0.05, 0) is 38.5 Å². The van der Waals surface area contributed by atoms with E-state index < -0.39 is 0 Å². The number of rotatable bonds is 2. The van der Waals surface area contributed by atoms with E-state index in [2.05, 4.69) is 5.92 Å². The van der Waals surface area contributed by atoms with Crippen LogP contribution in [-0.2, 0) is 4.79 Å². The normalized spacial score (nSPS) is 29.3. The van der Waals surface area contributed by atoms with E-state index >= 15 is 0 Å². The molecule has 0 spiro atoms. The zero-order valence-electron chi connectivity index (χ0n) is 7.68. The van der Waals surface area contributed by atoms with Gasteiger partial charge < -0.3 is 0 Å². The molecule has 0 heterocycles. The third kappa shape index (κ3) is 2.37. The molecule has 0 aromatic heterocycles. The number of terminal acetylenes is 1. The number of hydrogen-bond acceptors (Lipinski definition) is 1. The quantitative estimate of drug-likeness (QED) is 0.573. The van der Waals surface area contributed by atoms with Gasteiger partial charge in [-0.25, -0.2) is 0 Å². The lowest BCUT2D eigenvalue weighted by Gasteiger charge is -2.25. The Morgan fingerprint density at radius 2 is 2.00 bits per heavy atom. The van der Waals surface area contributed by atoms with E-state index in [0.29, 0.717) is 17.6 Å². The van der Waals surface area contributed by atoms with E-state index in [1.54, 1.807) is 6.92 Å². The molecule has 12 heavy (non-hydrogen) atoms. The van der Waals surface area contributed by atoms with E-state index in [1.165, 1.54) is 0 Å². The van der Waals surface area contributed by atoms with Crippen LogP contribution < -0.4 is 0 Å². The largest absolute Gasteiger partial charge is 0.300 e. The van der Waals surface area contributed by atoms with Crippen molar-refractivity contribution < 1.29 is 4.79 Å². The molecule has 1 aliphatic carbocycles. The molecule has 0 N–H and O–H groups in total. The molecule has 0 aromatic carbocycles. The summed E-state index contributed by atoms with van der Waals surface area (Å²) in [4.78, 5) is 11.0. The van der Waals surface area contributed by atoms with Crippen molar-refractivity contribution in [1.29, 1.82) is 0 Å². The minimum atomic E-state index is 0.332. The molecule has 1 rings (SSSR count). The van der Waals surface area contributed by atoms with Crippen LogP contribution >= 0.6 is 0 Å². The van der Waals surface area contributed by atoms with Crippen LogP contribution in [0.3, 0.4) is 0 Å². The average molecular weight is 164 g/mol. The van der Waals surface area contributed by atoms with Gasteiger partial charge in [0.25, 0.3) is 0 Å². The summed E-state index contributed by atoms with van der Waals surface area (Å²) in [6, 6.07) is 0. The number of carbonyl (C=O) groups is 1. The molecule has 1 aliphatic rings. The highest BCUT2D eigenvalue weighted by atomic mass is 16.1. The lowest BCUT2D eigenvalue weighted by Crippen LogP contribution is -2.19. The average Bonchev–Trinajstić information content (AvgIpc) is 2.06. The van der Waals surface area contributed by atoms with Gasteiger partial charge in [0, 0.05) is 12.3 Å². The van der Waals surface area contributed by atoms with Crippen molar-refractivity contribution in [2.75, 3.05) is 0 Å². The van der Waals surface area contributed by atoms with Crippen LogP contribution in [0.2, 0.25) is 0 Å². The van der Waals surface area contributed by atoms with Crippen molar-refractivity contribution in [3.63, 3.8) is 0 Å². The maximum absolute atomic E-state index is 11.0. The molecule has 0 unspecified atom stereocenters. The highest BCUT2D eigenvalue weighted by molar-refractivity contribution is 5.78. The first-order valence-electron chi connectivity index (χ1n) is 4.68.